The van der Waals surface area contributed by atoms with Crippen LogP contribution in [0.2, 0.25) is 19.6 Å². The number of benzene rings is 1. The van der Waals surface area contributed by atoms with Crippen molar-refractivity contribution in [1.29, 1.82) is 0 Å². The maximum Gasteiger partial charge on any atom is 4.00 e. The molecule has 0 bridgehead atoms. The van der Waals surface area contributed by atoms with Crippen molar-refractivity contribution in [2.75, 3.05) is 6.61 Å². The van der Waals surface area contributed by atoms with Gasteiger partial charge in [0.1, 0.15) is 0 Å². The fourth-order valence-corrected chi connectivity index (χ4v) is 3.09. The molecule has 0 unspecified atom stereocenters. The number of rotatable bonds is 5. The fourth-order valence-electron chi connectivity index (χ4n) is 2.33. The van der Waals surface area contributed by atoms with Crippen molar-refractivity contribution in [3.63, 3.8) is 0 Å². The molecule has 0 fully saturated rings. The number of hydrogen-bond acceptors (Lipinski definition) is 1. The Kier molecular flexibility index (Phi) is 15.3. The molecule has 0 N–H and O–H groups in total. The summed E-state index contributed by atoms with van der Waals surface area (Å²) in [7, 11) is -1.28. The van der Waals surface area contributed by atoms with Gasteiger partial charge in [-0.25, -0.2) is 11.6 Å². The topological polar surface area (TPSA) is 9.23 Å². The fraction of sp³-hybridized carbons (Fsp3) is 0.350. The van der Waals surface area contributed by atoms with E-state index in [1.807, 2.05) is 0 Å². The summed E-state index contributed by atoms with van der Waals surface area (Å²) in [6.07, 6.45) is 10.9. The van der Waals surface area contributed by atoms with Gasteiger partial charge in [-0.1, -0.05) is 12.5 Å². The predicted octanol–water partition coefficient (Wildman–Crippen LogP) is -0.128. The molecule has 0 radical (unpaired) electrons. The first-order valence-corrected chi connectivity index (χ1v) is 11.5. The minimum atomic E-state index is -1.28. The number of fused-ring (bicyclic) bond motifs is 1. The summed E-state index contributed by atoms with van der Waals surface area (Å²) in [5.41, 5.74) is 1.36. The van der Waals surface area contributed by atoms with Gasteiger partial charge >= 0.3 is 26.2 Å². The van der Waals surface area contributed by atoms with E-state index < -0.39 is 8.32 Å². The maximum absolute atomic E-state index is 5.76. The summed E-state index contributed by atoms with van der Waals surface area (Å²) in [6, 6.07) is 14.7. The molecule has 0 saturated carbocycles. The third kappa shape index (κ3) is 11.3. The quantitative estimate of drug-likeness (QED) is 0.335. The van der Waals surface area contributed by atoms with Crippen LogP contribution in [0.3, 0.4) is 0 Å². The molecule has 0 amide bonds. The minimum absolute atomic E-state index is 0. The zero-order valence-electron chi connectivity index (χ0n) is 15.2. The summed E-state index contributed by atoms with van der Waals surface area (Å²) >= 11 is 0. The summed E-state index contributed by atoms with van der Waals surface area (Å²) in [6.45, 7) is 7.60. The second-order valence-electron chi connectivity index (χ2n) is 6.53. The van der Waals surface area contributed by atoms with Gasteiger partial charge < -0.3 is 29.2 Å². The summed E-state index contributed by atoms with van der Waals surface area (Å²) in [4.78, 5) is 0. The Morgan fingerprint density at radius 1 is 1.12 bits per heavy atom. The number of halogens is 2. The Hall–Kier alpha value is -0.0500. The van der Waals surface area contributed by atoms with Crippen LogP contribution in [0.1, 0.15) is 19.3 Å². The zero-order valence-corrected chi connectivity index (χ0v) is 20.2. The molecule has 2 aromatic rings. The van der Waals surface area contributed by atoms with Crippen LogP contribution in [-0.4, -0.2) is 14.9 Å². The Labute approximate surface area is 185 Å². The van der Waals surface area contributed by atoms with Gasteiger partial charge in [0.15, 0.2) is 8.32 Å². The van der Waals surface area contributed by atoms with Crippen LogP contribution in [0.25, 0.3) is 10.8 Å². The molecule has 134 valence electrons. The Morgan fingerprint density at radius 2 is 1.84 bits per heavy atom. The van der Waals surface area contributed by atoms with Gasteiger partial charge in [0.25, 0.3) is 0 Å². The van der Waals surface area contributed by atoms with E-state index in [1.165, 1.54) is 16.3 Å². The van der Waals surface area contributed by atoms with Crippen molar-refractivity contribution < 1.29 is 55.4 Å². The first kappa shape index (κ1) is 27.2. The summed E-state index contributed by atoms with van der Waals surface area (Å²) in [5.74, 6) is 0. The number of allylic oxidation sites excluding steroid dienone is 4. The largest absolute Gasteiger partial charge is 4.00 e. The van der Waals surface area contributed by atoms with Crippen LogP contribution in [0, 0.1) is 6.08 Å². The van der Waals surface area contributed by atoms with Crippen molar-refractivity contribution in [1.82, 2.24) is 0 Å². The van der Waals surface area contributed by atoms with Gasteiger partial charge in [0.2, 0.25) is 0 Å². The predicted molar refractivity (Wildman–Crippen MR) is 98.6 cm³/mol. The molecule has 1 aliphatic carbocycles. The molecule has 1 aliphatic rings. The Morgan fingerprint density at radius 3 is 2.44 bits per heavy atom. The van der Waals surface area contributed by atoms with E-state index in [0.29, 0.717) is 0 Å². The van der Waals surface area contributed by atoms with Crippen molar-refractivity contribution in [3.05, 3.63) is 66.3 Å². The van der Waals surface area contributed by atoms with Crippen LogP contribution in [0.15, 0.2) is 60.2 Å². The summed E-state index contributed by atoms with van der Waals surface area (Å²) < 4.78 is 5.76. The van der Waals surface area contributed by atoms with Gasteiger partial charge in [0.05, 0.1) is 0 Å². The normalized spacial score (nSPS) is 12.2. The van der Waals surface area contributed by atoms with E-state index in [2.05, 4.69) is 80.3 Å². The van der Waals surface area contributed by atoms with E-state index in [-0.39, 0.29) is 51.0 Å². The van der Waals surface area contributed by atoms with Gasteiger partial charge in [-0.2, -0.15) is 23.6 Å². The molecular formula is C20H26Cl2OSiZr. The third-order valence-electron chi connectivity index (χ3n) is 3.44. The molecule has 0 aromatic heterocycles. The van der Waals surface area contributed by atoms with E-state index >= 15 is 0 Å². The SMILES string of the molecule is C[Si](C)(C)OCCCC1=[C-]CC=C1.[Cl-].[Cl-].[Zr+4].c1ccc2[cH-]ccc2c1. The second-order valence-corrected chi connectivity index (χ2v) is 11.0. The Balaban J connectivity index is 0. The van der Waals surface area contributed by atoms with Crippen molar-refractivity contribution in [3.8, 4) is 0 Å². The first-order chi connectivity index (χ1) is 10.5. The van der Waals surface area contributed by atoms with Crippen molar-refractivity contribution in [2.24, 2.45) is 0 Å². The minimum Gasteiger partial charge on any atom is -1.00 e. The van der Waals surface area contributed by atoms with Gasteiger partial charge in [-0.3, -0.25) is 6.08 Å². The molecule has 25 heavy (non-hydrogen) atoms. The van der Waals surface area contributed by atoms with Crippen LogP contribution >= 0.6 is 0 Å². The van der Waals surface area contributed by atoms with Gasteiger partial charge in [-0.05, 0) is 26.1 Å². The monoisotopic (exact) mass is 470 g/mol. The molecule has 0 saturated heterocycles. The van der Waals surface area contributed by atoms with Gasteiger partial charge in [0, 0.05) is 6.61 Å². The second kappa shape index (κ2) is 14.1. The molecule has 1 nitrogen and oxygen atoms in total. The molecule has 3 rings (SSSR count). The molecule has 2 aromatic carbocycles. The third-order valence-corrected chi connectivity index (χ3v) is 4.51. The molecule has 0 heterocycles. The standard InChI is InChI=1S/C11H19OSi.C9H7.2ClH.Zr/c1-13(2,3)12-10-6-9-11-7-4-5-8-11;1-2-5-9-7-3-6-8(9)4-1;;;/h4,7H,5-6,9-10H2,1-3H3;1-7H;2*1H;/q2*-1;;;+4/p-2. The Bertz CT molecular complexity index is 614. The molecule has 0 aliphatic heterocycles. The smallest absolute Gasteiger partial charge is 1.00 e. The van der Waals surface area contributed by atoms with E-state index in [4.69, 9.17) is 4.43 Å². The number of hydrogen-bond donors (Lipinski definition) is 0. The van der Waals surface area contributed by atoms with Gasteiger partial charge in [-0.15, -0.1) is 36.1 Å². The molecular weight excluding hydrogens is 446 g/mol. The molecule has 0 atom stereocenters. The van der Waals surface area contributed by atoms with Crippen molar-refractivity contribution >= 4 is 19.1 Å². The molecule has 0 spiro atoms. The van der Waals surface area contributed by atoms with Crippen LogP contribution < -0.4 is 24.8 Å². The van der Waals surface area contributed by atoms with Crippen molar-refractivity contribution in [2.45, 2.75) is 38.9 Å². The van der Waals surface area contributed by atoms with Crippen LogP contribution in [0.4, 0.5) is 0 Å². The average molecular weight is 473 g/mol. The zero-order chi connectivity index (χ0) is 15.8. The van der Waals surface area contributed by atoms with E-state index in [9.17, 15) is 0 Å². The maximum atomic E-state index is 5.76. The van der Waals surface area contributed by atoms with E-state index in [0.717, 1.165) is 25.9 Å². The van der Waals surface area contributed by atoms with E-state index in [1.54, 1.807) is 0 Å². The van der Waals surface area contributed by atoms with Crippen LogP contribution in [-0.2, 0) is 30.6 Å². The average Bonchev–Trinajstić information content (AvgIpc) is 3.14. The summed E-state index contributed by atoms with van der Waals surface area (Å²) in [5, 5.41) is 2.66. The first-order valence-electron chi connectivity index (χ1n) is 8.05. The molecule has 5 heteroatoms. The van der Waals surface area contributed by atoms with Crippen LogP contribution in [0.5, 0.6) is 0 Å².